The van der Waals surface area contributed by atoms with Crippen molar-refractivity contribution >= 4 is 5.91 Å². The van der Waals surface area contributed by atoms with Crippen LogP contribution in [-0.2, 0) is 0 Å². The van der Waals surface area contributed by atoms with Gasteiger partial charge in [-0.15, -0.1) is 0 Å². The molecular weight excluding hydrogens is 236 g/mol. The predicted octanol–water partition coefficient (Wildman–Crippen LogP) is 2.73. The Balaban J connectivity index is 2.08. The Labute approximate surface area is 115 Å². The topological polar surface area (TPSA) is 46.3 Å². The largest absolute Gasteiger partial charge is 0.336 e. The number of carbonyl (C=O) groups is 1. The van der Waals surface area contributed by atoms with Crippen molar-refractivity contribution in [3.05, 3.63) is 35.4 Å². The zero-order chi connectivity index (χ0) is 13.8. The second kappa shape index (κ2) is 6.20. The zero-order valence-electron chi connectivity index (χ0n) is 11.9. The fourth-order valence-electron chi connectivity index (χ4n) is 2.84. The fraction of sp³-hybridized carbons (Fsp3) is 0.562. The van der Waals surface area contributed by atoms with Gasteiger partial charge in [0.2, 0.25) is 0 Å². The summed E-state index contributed by atoms with van der Waals surface area (Å²) in [6, 6.07) is 8.53. The van der Waals surface area contributed by atoms with Crippen LogP contribution in [0.1, 0.15) is 48.5 Å². The lowest BCUT2D eigenvalue weighted by atomic mass is 9.90. The third kappa shape index (κ3) is 3.35. The van der Waals surface area contributed by atoms with Gasteiger partial charge in [-0.2, -0.15) is 0 Å². The van der Waals surface area contributed by atoms with Crippen LogP contribution in [0.25, 0.3) is 0 Å². The van der Waals surface area contributed by atoms with Gasteiger partial charge in [-0.1, -0.05) is 17.7 Å². The molecular formula is C16H24N2O. The molecule has 0 aromatic heterocycles. The molecule has 0 atom stereocenters. The summed E-state index contributed by atoms with van der Waals surface area (Å²) in [5, 5.41) is 0. The van der Waals surface area contributed by atoms with E-state index in [1.807, 2.05) is 36.1 Å². The molecule has 0 bridgehead atoms. The molecule has 1 aromatic rings. The average Bonchev–Trinajstić information content (AvgIpc) is 2.42. The minimum atomic E-state index is 0.156. The summed E-state index contributed by atoms with van der Waals surface area (Å²) in [6.45, 7) is 4.86. The molecule has 3 nitrogen and oxygen atoms in total. The van der Waals surface area contributed by atoms with Crippen LogP contribution in [0.15, 0.2) is 24.3 Å². The average molecular weight is 260 g/mol. The molecule has 0 aliphatic heterocycles. The predicted molar refractivity (Wildman–Crippen MR) is 78.1 cm³/mol. The molecule has 1 aliphatic carbocycles. The molecule has 1 amide bonds. The van der Waals surface area contributed by atoms with Gasteiger partial charge in [-0.05, 0) is 51.7 Å². The molecule has 1 fully saturated rings. The minimum Gasteiger partial charge on any atom is -0.336 e. The quantitative estimate of drug-likeness (QED) is 0.908. The monoisotopic (exact) mass is 260 g/mol. The molecule has 19 heavy (non-hydrogen) atoms. The zero-order valence-corrected chi connectivity index (χ0v) is 11.9. The van der Waals surface area contributed by atoms with Gasteiger partial charge in [0.25, 0.3) is 5.91 Å². The number of nitrogens with two attached hydrogens (primary N) is 1. The summed E-state index contributed by atoms with van der Waals surface area (Å²) >= 11 is 0. The second-order valence-electron chi connectivity index (χ2n) is 5.53. The highest BCUT2D eigenvalue weighted by Crippen LogP contribution is 2.23. The van der Waals surface area contributed by atoms with E-state index in [1.165, 1.54) is 5.56 Å². The molecule has 104 valence electrons. The van der Waals surface area contributed by atoms with Gasteiger partial charge < -0.3 is 10.6 Å². The number of hydrogen-bond acceptors (Lipinski definition) is 2. The van der Waals surface area contributed by atoms with Crippen molar-refractivity contribution in [2.75, 3.05) is 6.54 Å². The van der Waals surface area contributed by atoms with Gasteiger partial charge in [0.1, 0.15) is 0 Å². The summed E-state index contributed by atoms with van der Waals surface area (Å²) in [6.07, 6.45) is 4.13. The molecule has 0 heterocycles. The lowest BCUT2D eigenvalue weighted by molar-refractivity contribution is 0.0640. The second-order valence-corrected chi connectivity index (χ2v) is 5.53. The first-order valence-electron chi connectivity index (χ1n) is 7.25. The fourth-order valence-corrected chi connectivity index (χ4v) is 2.84. The minimum absolute atomic E-state index is 0.156. The van der Waals surface area contributed by atoms with E-state index in [2.05, 4.69) is 6.92 Å². The lowest BCUT2D eigenvalue weighted by Gasteiger charge is -2.35. The van der Waals surface area contributed by atoms with Crippen LogP contribution < -0.4 is 5.73 Å². The van der Waals surface area contributed by atoms with Crippen LogP contribution in [0.3, 0.4) is 0 Å². The maximum atomic E-state index is 12.6. The molecule has 2 N–H and O–H groups in total. The van der Waals surface area contributed by atoms with E-state index < -0.39 is 0 Å². The number of carbonyl (C=O) groups excluding carboxylic acids is 1. The summed E-state index contributed by atoms with van der Waals surface area (Å²) < 4.78 is 0. The Morgan fingerprint density at radius 2 is 1.79 bits per heavy atom. The molecule has 0 spiro atoms. The Morgan fingerprint density at radius 3 is 2.32 bits per heavy atom. The van der Waals surface area contributed by atoms with Crippen molar-refractivity contribution in [1.29, 1.82) is 0 Å². The van der Waals surface area contributed by atoms with Gasteiger partial charge in [-0.3, -0.25) is 4.79 Å². The van der Waals surface area contributed by atoms with E-state index in [4.69, 9.17) is 5.73 Å². The maximum Gasteiger partial charge on any atom is 0.254 e. The molecule has 3 heteroatoms. The maximum absolute atomic E-state index is 12.6. The van der Waals surface area contributed by atoms with Gasteiger partial charge in [-0.25, -0.2) is 0 Å². The third-order valence-corrected chi connectivity index (χ3v) is 4.08. The van der Waals surface area contributed by atoms with Gasteiger partial charge in [0, 0.05) is 24.2 Å². The standard InChI is InChI=1S/C16H24N2O/c1-3-18(15-10-8-14(17)9-11-15)16(19)13-6-4-12(2)5-7-13/h4-7,14-15H,3,8-11,17H2,1-2H3. The van der Waals surface area contributed by atoms with Gasteiger partial charge in [0.15, 0.2) is 0 Å². The molecule has 1 saturated carbocycles. The first kappa shape index (κ1) is 14.1. The lowest BCUT2D eigenvalue weighted by Crippen LogP contribution is -2.44. The summed E-state index contributed by atoms with van der Waals surface area (Å²) in [5.41, 5.74) is 7.92. The summed E-state index contributed by atoms with van der Waals surface area (Å²) in [5.74, 6) is 0.156. The number of hydrogen-bond donors (Lipinski definition) is 1. The Hall–Kier alpha value is -1.35. The number of amides is 1. The SMILES string of the molecule is CCN(C(=O)c1ccc(C)cc1)C1CCC(N)CC1. The summed E-state index contributed by atoms with van der Waals surface area (Å²) in [4.78, 5) is 14.6. The van der Waals surface area contributed by atoms with Crippen molar-refractivity contribution in [1.82, 2.24) is 4.90 Å². The molecule has 0 saturated heterocycles. The first-order chi connectivity index (χ1) is 9.11. The normalized spacial score (nSPS) is 23.1. The van der Waals surface area contributed by atoms with E-state index in [9.17, 15) is 4.79 Å². The molecule has 0 unspecified atom stereocenters. The van der Waals surface area contributed by atoms with Crippen molar-refractivity contribution in [2.45, 2.75) is 51.6 Å². The first-order valence-corrected chi connectivity index (χ1v) is 7.25. The highest BCUT2D eigenvalue weighted by atomic mass is 16.2. The van der Waals surface area contributed by atoms with Crippen LogP contribution in [0.4, 0.5) is 0 Å². The van der Waals surface area contributed by atoms with E-state index in [1.54, 1.807) is 0 Å². The molecule has 1 aliphatic rings. The number of benzene rings is 1. The van der Waals surface area contributed by atoms with E-state index >= 15 is 0 Å². The smallest absolute Gasteiger partial charge is 0.254 e. The Bertz CT molecular complexity index is 419. The van der Waals surface area contributed by atoms with Crippen LogP contribution in [0.5, 0.6) is 0 Å². The Morgan fingerprint density at radius 1 is 1.21 bits per heavy atom. The van der Waals surface area contributed by atoms with Crippen molar-refractivity contribution in [3.63, 3.8) is 0 Å². The van der Waals surface area contributed by atoms with Crippen molar-refractivity contribution in [2.24, 2.45) is 5.73 Å². The van der Waals surface area contributed by atoms with E-state index in [0.29, 0.717) is 12.1 Å². The number of rotatable bonds is 3. The summed E-state index contributed by atoms with van der Waals surface area (Å²) in [7, 11) is 0. The van der Waals surface area contributed by atoms with E-state index in [0.717, 1.165) is 37.8 Å². The molecule has 0 radical (unpaired) electrons. The number of nitrogens with zero attached hydrogens (tertiary/aromatic N) is 1. The molecule has 2 rings (SSSR count). The van der Waals surface area contributed by atoms with E-state index in [-0.39, 0.29) is 5.91 Å². The highest BCUT2D eigenvalue weighted by molar-refractivity contribution is 5.94. The highest BCUT2D eigenvalue weighted by Gasteiger charge is 2.27. The van der Waals surface area contributed by atoms with Gasteiger partial charge >= 0.3 is 0 Å². The number of aryl methyl sites for hydroxylation is 1. The van der Waals surface area contributed by atoms with Crippen LogP contribution in [0, 0.1) is 6.92 Å². The van der Waals surface area contributed by atoms with Crippen LogP contribution in [0.2, 0.25) is 0 Å². The van der Waals surface area contributed by atoms with Crippen LogP contribution >= 0.6 is 0 Å². The molecule has 1 aromatic carbocycles. The van der Waals surface area contributed by atoms with Crippen LogP contribution in [-0.4, -0.2) is 29.4 Å². The van der Waals surface area contributed by atoms with Crippen molar-refractivity contribution < 1.29 is 4.79 Å². The van der Waals surface area contributed by atoms with Gasteiger partial charge in [0.05, 0.1) is 0 Å². The Kier molecular flexibility index (Phi) is 4.59. The third-order valence-electron chi connectivity index (χ3n) is 4.08. The van der Waals surface area contributed by atoms with Crippen molar-refractivity contribution in [3.8, 4) is 0 Å².